The van der Waals surface area contributed by atoms with E-state index in [1.54, 1.807) is 31.3 Å². The Morgan fingerprint density at radius 3 is 2.65 bits per heavy atom. The SMILES string of the molecule is COC(=O)c1cnc(Nc2cc([N+](=O)[O-])c(N(C)C)cc2OC)nc1-c1c[nH]c2ccccc12. The maximum absolute atomic E-state index is 12.4. The molecule has 0 amide bonds. The second kappa shape index (κ2) is 9.06. The van der Waals surface area contributed by atoms with Gasteiger partial charge in [-0.2, -0.15) is 0 Å². The van der Waals surface area contributed by atoms with Gasteiger partial charge in [-0.3, -0.25) is 10.1 Å². The van der Waals surface area contributed by atoms with Crippen LogP contribution in [-0.4, -0.2) is 54.2 Å². The van der Waals surface area contributed by atoms with Crippen molar-refractivity contribution in [3.63, 3.8) is 0 Å². The Hall–Kier alpha value is -4.67. The number of H-pyrrole nitrogens is 1. The zero-order valence-electron chi connectivity index (χ0n) is 18.9. The Bertz CT molecular complexity index is 1400. The van der Waals surface area contributed by atoms with Crippen LogP contribution < -0.4 is 15.0 Å². The summed E-state index contributed by atoms with van der Waals surface area (Å²) in [5, 5.41) is 15.5. The normalized spacial score (nSPS) is 10.7. The molecule has 0 aliphatic heterocycles. The summed E-state index contributed by atoms with van der Waals surface area (Å²) in [6.07, 6.45) is 3.11. The number of methoxy groups -OCH3 is 2. The highest BCUT2D eigenvalue weighted by atomic mass is 16.6. The third-order valence-corrected chi connectivity index (χ3v) is 5.26. The Balaban J connectivity index is 1.84. The molecule has 2 aromatic heterocycles. The zero-order valence-corrected chi connectivity index (χ0v) is 18.9. The van der Waals surface area contributed by atoms with Gasteiger partial charge in [0.05, 0.1) is 30.5 Å². The molecule has 4 rings (SSSR count). The number of hydrogen-bond donors (Lipinski definition) is 2. The van der Waals surface area contributed by atoms with Crippen LogP contribution in [0.4, 0.5) is 23.0 Å². The van der Waals surface area contributed by atoms with Gasteiger partial charge in [0.15, 0.2) is 0 Å². The summed E-state index contributed by atoms with van der Waals surface area (Å²) < 4.78 is 10.3. The zero-order chi connectivity index (χ0) is 24.4. The summed E-state index contributed by atoms with van der Waals surface area (Å²) >= 11 is 0. The van der Waals surface area contributed by atoms with Crippen molar-refractivity contribution < 1.29 is 19.2 Å². The molecule has 11 heteroatoms. The smallest absolute Gasteiger partial charge is 0.341 e. The molecular formula is C23H22N6O5. The number of para-hydroxylation sites is 1. The molecule has 2 aromatic carbocycles. The van der Waals surface area contributed by atoms with Gasteiger partial charge in [-0.1, -0.05) is 18.2 Å². The molecule has 0 unspecified atom stereocenters. The topological polar surface area (TPSA) is 136 Å². The highest BCUT2D eigenvalue weighted by molar-refractivity contribution is 6.02. The molecule has 0 saturated carbocycles. The van der Waals surface area contributed by atoms with Crippen LogP contribution in [0.15, 0.2) is 48.8 Å². The average Bonchev–Trinajstić information content (AvgIpc) is 3.27. The van der Waals surface area contributed by atoms with Crippen LogP contribution in [0.1, 0.15) is 10.4 Å². The number of carbonyl (C=O) groups excluding carboxylic acids is 1. The lowest BCUT2D eigenvalue weighted by atomic mass is 10.1. The van der Waals surface area contributed by atoms with E-state index in [2.05, 4.69) is 20.3 Å². The van der Waals surface area contributed by atoms with Gasteiger partial charge < -0.3 is 24.7 Å². The molecule has 0 aliphatic carbocycles. The van der Waals surface area contributed by atoms with Gasteiger partial charge >= 0.3 is 5.97 Å². The quantitative estimate of drug-likeness (QED) is 0.236. The largest absolute Gasteiger partial charge is 0.494 e. The molecule has 11 nitrogen and oxygen atoms in total. The van der Waals surface area contributed by atoms with Crippen molar-refractivity contribution in [2.75, 3.05) is 38.5 Å². The molecule has 2 heterocycles. The second-order valence-electron chi connectivity index (χ2n) is 7.51. The number of ether oxygens (including phenoxy) is 2. The molecule has 0 aliphatic rings. The number of nitro benzene ring substituents is 1. The van der Waals surface area contributed by atoms with E-state index in [-0.39, 0.29) is 17.2 Å². The van der Waals surface area contributed by atoms with Crippen molar-refractivity contribution in [1.82, 2.24) is 15.0 Å². The van der Waals surface area contributed by atoms with Gasteiger partial charge in [0.25, 0.3) is 5.69 Å². The van der Waals surface area contributed by atoms with Gasteiger partial charge in [0, 0.05) is 55.1 Å². The molecule has 2 N–H and O–H groups in total. The van der Waals surface area contributed by atoms with Crippen LogP contribution in [0.3, 0.4) is 0 Å². The lowest BCUT2D eigenvalue weighted by molar-refractivity contribution is -0.384. The highest BCUT2D eigenvalue weighted by Gasteiger charge is 2.23. The standard InChI is InChI=1S/C23H22N6O5/c1-28(2)18-10-20(33-3)17(9-19(18)29(31)32)26-23-25-12-15(22(30)34-4)21(27-23)14-11-24-16-8-6-5-7-13(14)16/h5-12,24H,1-4H3,(H,25,26,27). The maximum atomic E-state index is 12.4. The molecule has 0 saturated heterocycles. The number of aromatic nitrogens is 3. The van der Waals surface area contributed by atoms with Gasteiger partial charge in [0.1, 0.15) is 17.0 Å². The molecule has 174 valence electrons. The van der Waals surface area contributed by atoms with E-state index in [9.17, 15) is 14.9 Å². The monoisotopic (exact) mass is 462 g/mol. The Labute approximate surface area is 194 Å². The van der Waals surface area contributed by atoms with Crippen molar-refractivity contribution in [1.29, 1.82) is 0 Å². The average molecular weight is 462 g/mol. The van der Waals surface area contributed by atoms with Crippen molar-refractivity contribution >= 4 is 39.9 Å². The minimum atomic E-state index is -0.588. The van der Waals surface area contributed by atoms with Crippen molar-refractivity contribution in [3.8, 4) is 17.0 Å². The van der Waals surface area contributed by atoms with Crippen LogP contribution in [0.2, 0.25) is 0 Å². The van der Waals surface area contributed by atoms with E-state index in [0.717, 1.165) is 10.9 Å². The Kier molecular flexibility index (Phi) is 6.00. The summed E-state index contributed by atoms with van der Waals surface area (Å²) in [5.74, 6) is -0.0999. The lowest BCUT2D eigenvalue weighted by Crippen LogP contribution is -2.12. The van der Waals surface area contributed by atoms with Crippen LogP contribution in [0, 0.1) is 10.1 Å². The van der Waals surface area contributed by atoms with E-state index >= 15 is 0 Å². The number of nitro groups is 1. The van der Waals surface area contributed by atoms with E-state index in [1.165, 1.54) is 26.5 Å². The summed E-state index contributed by atoms with van der Waals surface area (Å²) in [4.78, 5) is 37.2. The van der Waals surface area contributed by atoms with E-state index in [0.29, 0.717) is 28.4 Å². The first-order chi connectivity index (χ1) is 16.3. The summed E-state index contributed by atoms with van der Waals surface area (Å²) in [7, 11) is 6.15. The molecule has 4 aromatic rings. The van der Waals surface area contributed by atoms with Crippen molar-refractivity contribution in [3.05, 3.63) is 64.5 Å². The first-order valence-corrected chi connectivity index (χ1v) is 10.2. The predicted octanol–water partition coefficient (Wildman–Crippen LogP) is 4.14. The van der Waals surface area contributed by atoms with Crippen LogP contribution >= 0.6 is 0 Å². The van der Waals surface area contributed by atoms with Crippen molar-refractivity contribution in [2.24, 2.45) is 0 Å². The van der Waals surface area contributed by atoms with Gasteiger partial charge in [-0.15, -0.1) is 0 Å². The number of esters is 1. The van der Waals surface area contributed by atoms with Crippen LogP contribution in [-0.2, 0) is 4.74 Å². The first kappa shape index (κ1) is 22.5. The number of benzene rings is 2. The van der Waals surface area contributed by atoms with Crippen LogP contribution in [0.5, 0.6) is 5.75 Å². The minimum Gasteiger partial charge on any atom is -0.494 e. The Morgan fingerprint density at radius 1 is 1.21 bits per heavy atom. The number of hydrogen-bond acceptors (Lipinski definition) is 9. The molecule has 0 atom stereocenters. The highest BCUT2D eigenvalue weighted by Crippen LogP contribution is 2.39. The van der Waals surface area contributed by atoms with Crippen LogP contribution in [0.25, 0.3) is 22.2 Å². The third kappa shape index (κ3) is 4.06. The molecular weight excluding hydrogens is 440 g/mol. The number of aromatic amines is 1. The number of fused-ring (bicyclic) bond motifs is 1. The van der Waals surface area contributed by atoms with Crippen molar-refractivity contribution in [2.45, 2.75) is 0 Å². The van der Waals surface area contributed by atoms with Gasteiger partial charge in [0.2, 0.25) is 5.95 Å². The predicted molar refractivity (Wildman–Crippen MR) is 128 cm³/mol. The molecule has 34 heavy (non-hydrogen) atoms. The van der Waals surface area contributed by atoms with E-state index < -0.39 is 10.9 Å². The number of nitrogens with one attached hydrogen (secondary N) is 2. The van der Waals surface area contributed by atoms with Gasteiger partial charge in [-0.05, 0) is 6.07 Å². The second-order valence-corrected chi connectivity index (χ2v) is 7.51. The number of nitrogens with zero attached hydrogens (tertiary/aromatic N) is 4. The molecule has 0 fully saturated rings. The fourth-order valence-corrected chi connectivity index (χ4v) is 3.62. The minimum absolute atomic E-state index is 0.115. The summed E-state index contributed by atoms with van der Waals surface area (Å²) in [6, 6.07) is 10.5. The Morgan fingerprint density at radius 2 is 1.97 bits per heavy atom. The third-order valence-electron chi connectivity index (χ3n) is 5.26. The number of anilines is 3. The summed E-state index contributed by atoms with van der Waals surface area (Å²) in [5.41, 5.74) is 2.65. The summed E-state index contributed by atoms with van der Waals surface area (Å²) in [6.45, 7) is 0. The number of rotatable bonds is 7. The lowest BCUT2D eigenvalue weighted by Gasteiger charge is -2.17. The van der Waals surface area contributed by atoms with E-state index in [1.807, 2.05) is 24.3 Å². The molecule has 0 radical (unpaired) electrons. The fourth-order valence-electron chi connectivity index (χ4n) is 3.62. The molecule has 0 spiro atoms. The fraction of sp³-hybridized carbons (Fsp3) is 0.174. The van der Waals surface area contributed by atoms with E-state index in [4.69, 9.17) is 9.47 Å². The number of carbonyl (C=O) groups is 1. The van der Waals surface area contributed by atoms with Gasteiger partial charge in [-0.25, -0.2) is 14.8 Å². The maximum Gasteiger partial charge on any atom is 0.341 e. The first-order valence-electron chi connectivity index (χ1n) is 10.2. The molecule has 0 bridgehead atoms.